The Bertz CT molecular complexity index is 363. The zero-order valence-corrected chi connectivity index (χ0v) is 11.6. The van der Waals surface area contributed by atoms with Gasteiger partial charge < -0.3 is 10.2 Å². The fourth-order valence-electron chi connectivity index (χ4n) is 2.36. The van der Waals surface area contributed by atoms with Crippen LogP contribution in [-0.2, 0) is 4.79 Å². The van der Waals surface area contributed by atoms with Crippen LogP contribution < -0.4 is 10.2 Å². The minimum absolute atomic E-state index is 0. The normalized spacial score (nSPS) is 18.2. The second kappa shape index (κ2) is 7.39. The maximum absolute atomic E-state index is 12.2. The number of nitrogens with zero attached hydrogens (tertiary/aromatic N) is 1. The summed E-state index contributed by atoms with van der Waals surface area (Å²) in [4.78, 5) is 14.1. The topological polar surface area (TPSA) is 32.3 Å². The molecule has 100 valence electrons. The molecule has 0 bridgehead atoms. The van der Waals surface area contributed by atoms with Crippen molar-refractivity contribution in [3.8, 4) is 0 Å². The highest BCUT2D eigenvalue weighted by molar-refractivity contribution is 5.93. The molecule has 1 saturated heterocycles. The molecule has 1 unspecified atom stereocenters. The third-order valence-corrected chi connectivity index (χ3v) is 3.31. The summed E-state index contributed by atoms with van der Waals surface area (Å²) in [5.74, 6) is 0.757. The Morgan fingerprint density at radius 1 is 1.39 bits per heavy atom. The van der Waals surface area contributed by atoms with Crippen molar-refractivity contribution >= 4 is 24.0 Å². The van der Waals surface area contributed by atoms with Gasteiger partial charge in [-0.1, -0.05) is 18.2 Å². The SMILES string of the molecule is CCN(C(=O)CC1CCNC1)c1ccccc1.Cl. The Balaban J connectivity index is 0.00000162. The number of carbonyl (C=O) groups is 1. The Hall–Kier alpha value is -1.06. The van der Waals surface area contributed by atoms with Crippen molar-refractivity contribution in [1.29, 1.82) is 0 Å². The summed E-state index contributed by atoms with van der Waals surface area (Å²) < 4.78 is 0. The fourth-order valence-corrected chi connectivity index (χ4v) is 2.36. The number of carbonyl (C=O) groups excluding carboxylic acids is 1. The monoisotopic (exact) mass is 268 g/mol. The van der Waals surface area contributed by atoms with Gasteiger partial charge in [-0.3, -0.25) is 4.79 Å². The second-order valence-electron chi connectivity index (χ2n) is 4.54. The van der Waals surface area contributed by atoms with Crippen LogP contribution in [-0.4, -0.2) is 25.5 Å². The molecule has 1 amide bonds. The van der Waals surface area contributed by atoms with Crippen LogP contribution >= 0.6 is 12.4 Å². The standard InChI is InChI=1S/C14H20N2O.ClH/c1-2-16(13-6-4-3-5-7-13)14(17)10-12-8-9-15-11-12;/h3-7,12,15H,2,8-11H2,1H3;1H. The molecule has 1 aliphatic heterocycles. The average molecular weight is 269 g/mol. The Kier molecular flexibility index (Phi) is 6.16. The lowest BCUT2D eigenvalue weighted by Crippen LogP contribution is -2.32. The van der Waals surface area contributed by atoms with Crippen molar-refractivity contribution in [1.82, 2.24) is 5.32 Å². The number of nitrogens with one attached hydrogen (secondary N) is 1. The maximum atomic E-state index is 12.2. The molecule has 4 heteroatoms. The first-order chi connectivity index (χ1) is 8.31. The van der Waals surface area contributed by atoms with E-state index in [1.54, 1.807) is 0 Å². The molecule has 0 spiro atoms. The number of benzene rings is 1. The van der Waals surface area contributed by atoms with E-state index in [1.165, 1.54) is 0 Å². The largest absolute Gasteiger partial charge is 0.316 e. The van der Waals surface area contributed by atoms with Crippen molar-refractivity contribution in [2.45, 2.75) is 19.8 Å². The van der Waals surface area contributed by atoms with Gasteiger partial charge in [-0.05, 0) is 44.5 Å². The van der Waals surface area contributed by atoms with Gasteiger partial charge in [-0.25, -0.2) is 0 Å². The number of rotatable bonds is 4. The summed E-state index contributed by atoms with van der Waals surface area (Å²) in [6.07, 6.45) is 1.79. The van der Waals surface area contributed by atoms with E-state index in [9.17, 15) is 4.79 Å². The summed E-state index contributed by atoms with van der Waals surface area (Å²) in [7, 11) is 0. The lowest BCUT2D eigenvalue weighted by molar-refractivity contribution is -0.119. The Labute approximate surface area is 115 Å². The highest BCUT2D eigenvalue weighted by Crippen LogP contribution is 2.18. The summed E-state index contributed by atoms with van der Waals surface area (Å²) in [5.41, 5.74) is 1.01. The fraction of sp³-hybridized carbons (Fsp3) is 0.500. The number of anilines is 1. The average Bonchev–Trinajstić information content (AvgIpc) is 2.84. The molecule has 1 atom stereocenters. The zero-order chi connectivity index (χ0) is 12.1. The molecule has 18 heavy (non-hydrogen) atoms. The van der Waals surface area contributed by atoms with Crippen molar-refractivity contribution in [3.63, 3.8) is 0 Å². The van der Waals surface area contributed by atoms with Crippen LogP contribution in [0.3, 0.4) is 0 Å². The highest BCUT2D eigenvalue weighted by Gasteiger charge is 2.21. The summed E-state index contributed by atoms with van der Waals surface area (Å²) >= 11 is 0. The van der Waals surface area contributed by atoms with E-state index in [-0.39, 0.29) is 18.3 Å². The summed E-state index contributed by atoms with van der Waals surface area (Å²) in [6, 6.07) is 9.91. The van der Waals surface area contributed by atoms with Crippen LogP contribution in [0.15, 0.2) is 30.3 Å². The van der Waals surface area contributed by atoms with Crippen molar-refractivity contribution in [2.24, 2.45) is 5.92 Å². The molecule has 1 heterocycles. The molecule has 0 aromatic heterocycles. The molecule has 1 aliphatic rings. The van der Waals surface area contributed by atoms with Crippen LogP contribution in [0.25, 0.3) is 0 Å². The van der Waals surface area contributed by atoms with Crippen LogP contribution in [0.4, 0.5) is 5.69 Å². The predicted octanol–water partition coefficient (Wildman–Crippen LogP) is 2.46. The lowest BCUT2D eigenvalue weighted by atomic mass is 10.0. The number of hydrogen-bond acceptors (Lipinski definition) is 2. The number of para-hydroxylation sites is 1. The molecule has 0 saturated carbocycles. The van der Waals surface area contributed by atoms with E-state index in [2.05, 4.69) is 5.32 Å². The number of halogens is 1. The molecular formula is C14H21ClN2O. The van der Waals surface area contributed by atoms with Gasteiger partial charge in [-0.2, -0.15) is 0 Å². The highest BCUT2D eigenvalue weighted by atomic mass is 35.5. The van der Waals surface area contributed by atoms with Crippen LogP contribution in [0, 0.1) is 5.92 Å². The van der Waals surface area contributed by atoms with Gasteiger partial charge in [0.25, 0.3) is 0 Å². The van der Waals surface area contributed by atoms with E-state index >= 15 is 0 Å². The van der Waals surface area contributed by atoms with Gasteiger partial charge in [0.2, 0.25) is 5.91 Å². The van der Waals surface area contributed by atoms with E-state index < -0.39 is 0 Å². The predicted molar refractivity (Wildman–Crippen MR) is 77.3 cm³/mol. The molecule has 1 N–H and O–H groups in total. The molecular weight excluding hydrogens is 248 g/mol. The van der Waals surface area contributed by atoms with Crippen LogP contribution in [0.2, 0.25) is 0 Å². The van der Waals surface area contributed by atoms with Crippen molar-refractivity contribution < 1.29 is 4.79 Å². The van der Waals surface area contributed by atoms with Crippen LogP contribution in [0.5, 0.6) is 0 Å². The zero-order valence-electron chi connectivity index (χ0n) is 10.8. The summed E-state index contributed by atoms with van der Waals surface area (Å²) in [5, 5.41) is 3.30. The van der Waals surface area contributed by atoms with Gasteiger partial charge in [0.15, 0.2) is 0 Å². The molecule has 1 fully saturated rings. The lowest BCUT2D eigenvalue weighted by Gasteiger charge is -2.22. The third kappa shape index (κ3) is 3.72. The quantitative estimate of drug-likeness (QED) is 0.910. The van der Waals surface area contributed by atoms with Gasteiger partial charge in [0, 0.05) is 18.7 Å². The first-order valence-electron chi connectivity index (χ1n) is 6.37. The van der Waals surface area contributed by atoms with E-state index in [0.717, 1.165) is 31.7 Å². The van der Waals surface area contributed by atoms with Gasteiger partial charge in [0.05, 0.1) is 0 Å². The van der Waals surface area contributed by atoms with E-state index in [4.69, 9.17) is 0 Å². The molecule has 3 nitrogen and oxygen atoms in total. The maximum Gasteiger partial charge on any atom is 0.227 e. The van der Waals surface area contributed by atoms with Crippen LogP contribution in [0.1, 0.15) is 19.8 Å². The van der Waals surface area contributed by atoms with E-state index in [0.29, 0.717) is 12.3 Å². The van der Waals surface area contributed by atoms with E-state index in [1.807, 2.05) is 42.2 Å². The molecule has 0 aliphatic carbocycles. The van der Waals surface area contributed by atoms with Crippen molar-refractivity contribution in [2.75, 3.05) is 24.5 Å². The first kappa shape index (κ1) is 15.0. The smallest absolute Gasteiger partial charge is 0.227 e. The molecule has 0 radical (unpaired) electrons. The van der Waals surface area contributed by atoms with Gasteiger partial charge in [0.1, 0.15) is 0 Å². The minimum Gasteiger partial charge on any atom is -0.316 e. The third-order valence-electron chi connectivity index (χ3n) is 3.31. The minimum atomic E-state index is 0. The molecule has 1 aromatic rings. The molecule has 1 aromatic carbocycles. The Morgan fingerprint density at radius 2 is 2.11 bits per heavy atom. The van der Waals surface area contributed by atoms with Crippen molar-refractivity contribution in [3.05, 3.63) is 30.3 Å². The second-order valence-corrected chi connectivity index (χ2v) is 4.54. The summed E-state index contributed by atoms with van der Waals surface area (Å²) in [6.45, 7) is 4.80. The first-order valence-corrected chi connectivity index (χ1v) is 6.37. The van der Waals surface area contributed by atoms with Gasteiger partial charge in [-0.15, -0.1) is 12.4 Å². The number of hydrogen-bond donors (Lipinski definition) is 1. The van der Waals surface area contributed by atoms with Gasteiger partial charge >= 0.3 is 0 Å². The Morgan fingerprint density at radius 3 is 2.67 bits per heavy atom. The molecule has 2 rings (SSSR count). The number of amides is 1.